The van der Waals surface area contributed by atoms with E-state index in [0.29, 0.717) is 6.61 Å². The molecular weight excluding hydrogens is 168 g/mol. The van der Waals surface area contributed by atoms with Crippen LogP contribution < -0.4 is 10.6 Å². The topological polar surface area (TPSA) is 50.4 Å². The second kappa shape index (κ2) is 4.58. The van der Waals surface area contributed by atoms with Gasteiger partial charge in [-0.2, -0.15) is 0 Å². The SMILES string of the molecule is CCOCC(=O)NC1(C)CCNC1. The summed E-state index contributed by atoms with van der Waals surface area (Å²) in [4.78, 5) is 11.3. The van der Waals surface area contributed by atoms with Crippen LogP contribution in [-0.4, -0.2) is 37.7 Å². The van der Waals surface area contributed by atoms with E-state index in [-0.39, 0.29) is 18.1 Å². The molecule has 0 aromatic rings. The standard InChI is InChI=1S/C9H18N2O2/c1-3-13-6-8(12)11-9(2)4-5-10-7-9/h10H,3-7H2,1-2H3,(H,11,12). The van der Waals surface area contributed by atoms with Gasteiger partial charge in [-0.1, -0.05) is 0 Å². The fraction of sp³-hybridized carbons (Fsp3) is 0.889. The van der Waals surface area contributed by atoms with E-state index in [0.717, 1.165) is 19.5 Å². The summed E-state index contributed by atoms with van der Waals surface area (Å²) in [5, 5.41) is 6.18. The molecule has 0 bridgehead atoms. The van der Waals surface area contributed by atoms with Crippen LogP contribution in [0.5, 0.6) is 0 Å². The average molecular weight is 186 g/mol. The maximum absolute atomic E-state index is 11.3. The zero-order chi connectivity index (χ0) is 9.73. The summed E-state index contributed by atoms with van der Waals surface area (Å²) < 4.78 is 5.02. The van der Waals surface area contributed by atoms with Crippen molar-refractivity contribution in [2.24, 2.45) is 0 Å². The second-order valence-electron chi connectivity index (χ2n) is 3.67. The van der Waals surface area contributed by atoms with Crippen molar-refractivity contribution >= 4 is 5.91 Å². The van der Waals surface area contributed by atoms with Crippen molar-refractivity contribution in [2.75, 3.05) is 26.3 Å². The predicted octanol–water partition coefficient (Wildman–Crippen LogP) is -0.109. The van der Waals surface area contributed by atoms with Crippen molar-refractivity contribution in [1.82, 2.24) is 10.6 Å². The van der Waals surface area contributed by atoms with Gasteiger partial charge in [0.1, 0.15) is 6.61 Å². The molecule has 0 aromatic heterocycles. The third-order valence-corrected chi connectivity index (χ3v) is 2.25. The molecule has 0 aromatic carbocycles. The molecule has 4 nitrogen and oxygen atoms in total. The highest BCUT2D eigenvalue weighted by atomic mass is 16.5. The summed E-state index contributed by atoms with van der Waals surface area (Å²) in [6.45, 7) is 6.52. The number of carbonyl (C=O) groups excluding carboxylic acids is 1. The predicted molar refractivity (Wildman–Crippen MR) is 50.5 cm³/mol. The molecule has 76 valence electrons. The minimum absolute atomic E-state index is 0.0203. The van der Waals surface area contributed by atoms with E-state index >= 15 is 0 Å². The van der Waals surface area contributed by atoms with Crippen LogP contribution in [0.2, 0.25) is 0 Å². The van der Waals surface area contributed by atoms with E-state index in [9.17, 15) is 4.79 Å². The number of nitrogens with one attached hydrogen (secondary N) is 2. The molecule has 2 N–H and O–H groups in total. The third-order valence-electron chi connectivity index (χ3n) is 2.25. The highest BCUT2D eigenvalue weighted by molar-refractivity contribution is 5.78. The zero-order valence-electron chi connectivity index (χ0n) is 8.35. The Kier molecular flexibility index (Phi) is 3.69. The average Bonchev–Trinajstić information content (AvgIpc) is 2.48. The molecule has 0 saturated carbocycles. The Hall–Kier alpha value is -0.610. The van der Waals surface area contributed by atoms with Crippen LogP contribution in [0.3, 0.4) is 0 Å². The number of hydrogen-bond donors (Lipinski definition) is 2. The van der Waals surface area contributed by atoms with Crippen molar-refractivity contribution in [3.8, 4) is 0 Å². The lowest BCUT2D eigenvalue weighted by Crippen LogP contribution is -2.48. The van der Waals surface area contributed by atoms with Gasteiger partial charge in [0.2, 0.25) is 5.91 Å². The molecule has 1 fully saturated rings. The Morgan fingerprint density at radius 2 is 2.46 bits per heavy atom. The van der Waals surface area contributed by atoms with Crippen molar-refractivity contribution < 1.29 is 9.53 Å². The Bertz CT molecular complexity index is 176. The molecule has 1 atom stereocenters. The number of hydrogen-bond acceptors (Lipinski definition) is 3. The van der Waals surface area contributed by atoms with Crippen LogP contribution in [0.1, 0.15) is 20.3 Å². The maximum Gasteiger partial charge on any atom is 0.246 e. The van der Waals surface area contributed by atoms with Crippen molar-refractivity contribution in [3.05, 3.63) is 0 Å². The lowest BCUT2D eigenvalue weighted by molar-refractivity contribution is -0.127. The van der Waals surface area contributed by atoms with Crippen molar-refractivity contribution in [1.29, 1.82) is 0 Å². The molecule has 1 rings (SSSR count). The first-order valence-electron chi connectivity index (χ1n) is 4.76. The summed E-state index contributed by atoms with van der Waals surface area (Å²) in [6.07, 6.45) is 0.991. The van der Waals surface area contributed by atoms with Gasteiger partial charge in [0, 0.05) is 13.2 Å². The van der Waals surface area contributed by atoms with E-state index in [1.54, 1.807) is 0 Å². The van der Waals surface area contributed by atoms with Gasteiger partial charge in [-0.15, -0.1) is 0 Å². The molecule has 4 heteroatoms. The monoisotopic (exact) mass is 186 g/mol. The quantitative estimate of drug-likeness (QED) is 0.644. The van der Waals surface area contributed by atoms with E-state index in [4.69, 9.17) is 4.74 Å². The number of amides is 1. The molecule has 1 aliphatic rings. The Balaban J connectivity index is 2.26. The molecule has 0 radical (unpaired) electrons. The van der Waals surface area contributed by atoms with Gasteiger partial charge in [-0.25, -0.2) is 0 Å². The van der Waals surface area contributed by atoms with Gasteiger partial charge in [-0.05, 0) is 26.8 Å². The summed E-state index contributed by atoms with van der Waals surface area (Å²) >= 11 is 0. The van der Waals surface area contributed by atoms with Gasteiger partial charge in [0.25, 0.3) is 0 Å². The van der Waals surface area contributed by atoms with Gasteiger partial charge in [0.15, 0.2) is 0 Å². The van der Waals surface area contributed by atoms with Crippen molar-refractivity contribution in [2.45, 2.75) is 25.8 Å². The highest BCUT2D eigenvalue weighted by Crippen LogP contribution is 2.12. The first-order chi connectivity index (χ1) is 6.16. The molecule has 1 saturated heterocycles. The first-order valence-corrected chi connectivity index (χ1v) is 4.76. The molecule has 1 aliphatic heterocycles. The van der Waals surface area contributed by atoms with Crippen LogP contribution in [0.4, 0.5) is 0 Å². The summed E-state index contributed by atoms with van der Waals surface area (Å²) in [5.74, 6) is -0.0203. The first kappa shape index (κ1) is 10.5. The zero-order valence-corrected chi connectivity index (χ0v) is 8.35. The van der Waals surface area contributed by atoms with E-state index in [1.165, 1.54) is 0 Å². The fourth-order valence-electron chi connectivity index (χ4n) is 1.49. The number of rotatable bonds is 4. The number of carbonyl (C=O) groups is 1. The van der Waals surface area contributed by atoms with E-state index in [1.807, 2.05) is 6.92 Å². The van der Waals surface area contributed by atoms with E-state index in [2.05, 4.69) is 17.6 Å². The highest BCUT2D eigenvalue weighted by Gasteiger charge is 2.29. The van der Waals surface area contributed by atoms with Crippen LogP contribution in [-0.2, 0) is 9.53 Å². The van der Waals surface area contributed by atoms with Crippen LogP contribution >= 0.6 is 0 Å². The second-order valence-corrected chi connectivity index (χ2v) is 3.67. The molecule has 13 heavy (non-hydrogen) atoms. The lowest BCUT2D eigenvalue weighted by Gasteiger charge is -2.24. The smallest absolute Gasteiger partial charge is 0.246 e. The van der Waals surface area contributed by atoms with Gasteiger partial charge in [0.05, 0.1) is 5.54 Å². The lowest BCUT2D eigenvalue weighted by atomic mass is 10.0. The minimum atomic E-state index is -0.0752. The Labute approximate surface area is 79.0 Å². The van der Waals surface area contributed by atoms with Gasteiger partial charge < -0.3 is 15.4 Å². The molecule has 0 aliphatic carbocycles. The molecular formula is C9H18N2O2. The fourth-order valence-corrected chi connectivity index (χ4v) is 1.49. The summed E-state index contributed by atoms with van der Waals surface area (Å²) in [6, 6.07) is 0. The normalized spacial score (nSPS) is 27.5. The molecule has 1 unspecified atom stereocenters. The summed E-state index contributed by atoms with van der Waals surface area (Å²) in [5.41, 5.74) is -0.0752. The third kappa shape index (κ3) is 3.32. The van der Waals surface area contributed by atoms with Crippen LogP contribution in [0, 0.1) is 0 Å². The number of ether oxygens (including phenoxy) is 1. The molecule has 1 heterocycles. The summed E-state index contributed by atoms with van der Waals surface area (Å²) in [7, 11) is 0. The molecule has 0 spiro atoms. The Morgan fingerprint density at radius 1 is 1.69 bits per heavy atom. The van der Waals surface area contributed by atoms with Crippen LogP contribution in [0.15, 0.2) is 0 Å². The largest absolute Gasteiger partial charge is 0.372 e. The van der Waals surface area contributed by atoms with Crippen LogP contribution in [0.25, 0.3) is 0 Å². The Morgan fingerprint density at radius 3 is 3.00 bits per heavy atom. The molecule has 1 amide bonds. The maximum atomic E-state index is 11.3. The van der Waals surface area contributed by atoms with Gasteiger partial charge in [-0.3, -0.25) is 4.79 Å². The minimum Gasteiger partial charge on any atom is -0.372 e. The van der Waals surface area contributed by atoms with E-state index < -0.39 is 0 Å². The van der Waals surface area contributed by atoms with Crippen molar-refractivity contribution in [3.63, 3.8) is 0 Å². The van der Waals surface area contributed by atoms with Gasteiger partial charge >= 0.3 is 0 Å².